The molecule has 0 saturated carbocycles. The highest BCUT2D eigenvalue weighted by Crippen LogP contribution is 2.18. The van der Waals surface area contributed by atoms with E-state index >= 15 is 0 Å². The number of aromatic nitrogens is 3. The van der Waals surface area contributed by atoms with Crippen molar-refractivity contribution in [3.8, 4) is 5.69 Å². The lowest BCUT2D eigenvalue weighted by atomic mass is 10.2. The number of hydrogen-bond donors (Lipinski definition) is 2. The highest BCUT2D eigenvalue weighted by atomic mass is 35.5. The van der Waals surface area contributed by atoms with Crippen LogP contribution in [0.2, 0.25) is 5.02 Å². The Morgan fingerprint density at radius 3 is 2.42 bits per heavy atom. The summed E-state index contributed by atoms with van der Waals surface area (Å²) in [5.74, 6) is 0.176. The number of hydrogen-bond acceptors (Lipinski definition) is 4. The van der Waals surface area contributed by atoms with Crippen molar-refractivity contribution in [2.45, 2.75) is 13.3 Å². The molecule has 6 nitrogen and oxygen atoms in total. The lowest BCUT2D eigenvalue weighted by Gasteiger charge is -2.08. The van der Waals surface area contributed by atoms with Crippen molar-refractivity contribution in [3.05, 3.63) is 65.3 Å². The van der Waals surface area contributed by atoms with E-state index in [0.29, 0.717) is 28.1 Å². The van der Waals surface area contributed by atoms with Crippen LogP contribution in [0.4, 0.5) is 11.5 Å². The van der Waals surface area contributed by atoms with Crippen LogP contribution in [0.5, 0.6) is 0 Å². The van der Waals surface area contributed by atoms with Gasteiger partial charge in [0, 0.05) is 17.1 Å². The molecule has 3 rings (SSSR count). The molecule has 0 fully saturated rings. The smallest absolute Gasteiger partial charge is 0.186 e. The Morgan fingerprint density at radius 1 is 1.08 bits per heavy atom. The van der Waals surface area contributed by atoms with Gasteiger partial charge in [-0.2, -0.15) is 0 Å². The zero-order valence-electron chi connectivity index (χ0n) is 13.9. The molecule has 0 unspecified atom stereocenters. The molecule has 132 valence electrons. The third-order valence-electron chi connectivity index (χ3n) is 3.52. The number of ketones is 1. The van der Waals surface area contributed by atoms with Crippen LogP contribution >= 0.6 is 23.8 Å². The molecule has 0 aliphatic carbocycles. The van der Waals surface area contributed by atoms with Crippen LogP contribution in [0.3, 0.4) is 0 Å². The molecule has 0 bridgehead atoms. The van der Waals surface area contributed by atoms with Crippen LogP contribution in [0.25, 0.3) is 5.69 Å². The summed E-state index contributed by atoms with van der Waals surface area (Å²) in [4.78, 5) is 13.6. The number of carbonyl (C=O) groups excluding carboxylic acids is 1. The number of thiocarbonyl (C=S) groups is 1. The lowest BCUT2D eigenvalue weighted by molar-refractivity contribution is 0.0984. The van der Waals surface area contributed by atoms with E-state index in [9.17, 15) is 4.79 Å². The van der Waals surface area contributed by atoms with E-state index in [1.54, 1.807) is 31.2 Å². The number of carbonyl (C=O) groups is 1. The summed E-state index contributed by atoms with van der Waals surface area (Å²) in [5, 5.41) is 15.6. The normalized spacial score (nSPS) is 10.4. The molecule has 0 saturated heterocycles. The SMILES string of the molecule is CCC(=O)c1nn(-c2ccc(Cl)cc2)nc1NC(=S)Nc1ccccc1. The quantitative estimate of drug-likeness (QED) is 0.503. The molecule has 2 N–H and O–H groups in total. The fourth-order valence-corrected chi connectivity index (χ4v) is 2.57. The van der Waals surface area contributed by atoms with Crippen LogP contribution in [-0.2, 0) is 0 Å². The summed E-state index contributed by atoms with van der Waals surface area (Å²) in [6.45, 7) is 1.77. The second kappa shape index (κ2) is 8.07. The summed E-state index contributed by atoms with van der Waals surface area (Å²) in [6, 6.07) is 16.5. The molecule has 1 aromatic heterocycles. The largest absolute Gasteiger partial charge is 0.332 e. The van der Waals surface area contributed by atoms with Gasteiger partial charge in [0.2, 0.25) is 0 Å². The van der Waals surface area contributed by atoms with Crippen LogP contribution in [0.15, 0.2) is 54.6 Å². The molecular formula is C18H16ClN5OS. The summed E-state index contributed by atoms with van der Waals surface area (Å²) in [6.07, 6.45) is 0.312. The molecule has 0 aliphatic heterocycles. The van der Waals surface area contributed by atoms with E-state index in [0.717, 1.165) is 5.69 Å². The number of para-hydroxylation sites is 1. The number of anilines is 2. The Labute approximate surface area is 161 Å². The number of nitrogens with one attached hydrogen (secondary N) is 2. The van der Waals surface area contributed by atoms with E-state index in [1.165, 1.54) is 4.80 Å². The second-order valence-electron chi connectivity index (χ2n) is 5.38. The van der Waals surface area contributed by atoms with Crippen LogP contribution < -0.4 is 10.6 Å². The molecule has 0 aliphatic rings. The van der Waals surface area contributed by atoms with Gasteiger partial charge < -0.3 is 10.6 Å². The number of rotatable bonds is 5. The molecule has 1 heterocycles. The van der Waals surface area contributed by atoms with Crippen LogP contribution in [0, 0.1) is 0 Å². The second-order valence-corrected chi connectivity index (χ2v) is 6.23. The summed E-state index contributed by atoms with van der Waals surface area (Å²) in [7, 11) is 0. The number of benzene rings is 2. The monoisotopic (exact) mass is 385 g/mol. The number of nitrogens with zero attached hydrogens (tertiary/aromatic N) is 3. The lowest BCUT2D eigenvalue weighted by Crippen LogP contribution is -2.20. The molecule has 0 radical (unpaired) electrons. The number of Topliss-reactive ketones (excluding diaryl/α,β-unsaturated/α-hetero) is 1. The van der Waals surface area contributed by atoms with Gasteiger partial charge in [-0.1, -0.05) is 36.7 Å². The van der Waals surface area contributed by atoms with E-state index in [1.807, 2.05) is 30.3 Å². The average molecular weight is 386 g/mol. The Morgan fingerprint density at radius 2 is 1.77 bits per heavy atom. The van der Waals surface area contributed by atoms with Crippen LogP contribution in [-0.4, -0.2) is 25.9 Å². The third-order valence-corrected chi connectivity index (χ3v) is 3.98. The first-order valence-corrected chi connectivity index (χ1v) is 8.75. The van der Waals surface area contributed by atoms with Gasteiger partial charge in [-0.05, 0) is 48.6 Å². The van der Waals surface area contributed by atoms with Gasteiger partial charge in [-0.15, -0.1) is 15.0 Å². The zero-order chi connectivity index (χ0) is 18.5. The number of halogens is 1. The molecular weight excluding hydrogens is 370 g/mol. The van der Waals surface area contributed by atoms with Gasteiger partial charge in [0.05, 0.1) is 5.69 Å². The fraction of sp³-hybridized carbons (Fsp3) is 0.111. The molecule has 0 amide bonds. The Kier molecular flexibility index (Phi) is 5.60. The first kappa shape index (κ1) is 18.0. The molecule has 8 heteroatoms. The standard InChI is InChI=1S/C18H16ClN5OS/c1-2-15(25)16-17(21-18(26)20-13-6-4-3-5-7-13)23-24(22-16)14-10-8-12(19)9-11-14/h3-11H,2H2,1H3,(H2,20,21,23,26). The molecule has 0 spiro atoms. The first-order valence-electron chi connectivity index (χ1n) is 7.96. The highest BCUT2D eigenvalue weighted by Gasteiger charge is 2.19. The predicted octanol–water partition coefficient (Wildman–Crippen LogP) is 4.32. The Balaban J connectivity index is 1.86. The molecule has 2 aromatic carbocycles. The maximum absolute atomic E-state index is 12.2. The summed E-state index contributed by atoms with van der Waals surface area (Å²) >= 11 is 11.2. The van der Waals surface area contributed by atoms with E-state index in [2.05, 4.69) is 20.8 Å². The van der Waals surface area contributed by atoms with Crippen molar-refractivity contribution in [2.75, 3.05) is 10.6 Å². The van der Waals surface area contributed by atoms with Gasteiger partial charge in [-0.25, -0.2) is 0 Å². The summed E-state index contributed by atoms with van der Waals surface area (Å²) < 4.78 is 0. The van der Waals surface area contributed by atoms with E-state index in [4.69, 9.17) is 23.8 Å². The minimum atomic E-state index is -0.129. The predicted molar refractivity (Wildman–Crippen MR) is 107 cm³/mol. The van der Waals surface area contributed by atoms with E-state index < -0.39 is 0 Å². The third kappa shape index (κ3) is 4.25. The van der Waals surface area contributed by atoms with Gasteiger partial charge in [0.1, 0.15) is 0 Å². The Hall–Kier alpha value is -2.77. The minimum absolute atomic E-state index is 0.129. The summed E-state index contributed by atoms with van der Waals surface area (Å²) in [5.41, 5.74) is 1.76. The van der Waals surface area contributed by atoms with Crippen molar-refractivity contribution in [2.24, 2.45) is 0 Å². The topological polar surface area (TPSA) is 71.8 Å². The van der Waals surface area contributed by atoms with Crippen molar-refractivity contribution in [1.29, 1.82) is 0 Å². The molecule has 26 heavy (non-hydrogen) atoms. The van der Waals surface area contributed by atoms with Gasteiger partial charge >= 0.3 is 0 Å². The van der Waals surface area contributed by atoms with Crippen molar-refractivity contribution >= 4 is 46.2 Å². The van der Waals surface area contributed by atoms with Crippen molar-refractivity contribution < 1.29 is 4.79 Å². The minimum Gasteiger partial charge on any atom is -0.332 e. The van der Waals surface area contributed by atoms with Crippen LogP contribution in [0.1, 0.15) is 23.8 Å². The zero-order valence-corrected chi connectivity index (χ0v) is 15.5. The fourth-order valence-electron chi connectivity index (χ4n) is 2.23. The molecule has 3 aromatic rings. The molecule has 0 atom stereocenters. The van der Waals surface area contributed by atoms with Crippen molar-refractivity contribution in [3.63, 3.8) is 0 Å². The van der Waals surface area contributed by atoms with Gasteiger partial charge in [-0.3, -0.25) is 4.79 Å². The van der Waals surface area contributed by atoms with E-state index in [-0.39, 0.29) is 11.5 Å². The van der Waals surface area contributed by atoms with Gasteiger partial charge in [0.25, 0.3) is 0 Å². The maximum Gasteiger partial charge on any atom is 0.186 e. The average Bonchev–Trinajstić information content (AvgIpc) is 3.06. The van der Waals surface area contributed by atoms with Crippen molar-refractivity contribution in [1.82, 2.24) is 15.0 Å². The maximum atomic E-state index is 12.2. The highest BCUT2D eigenvalue weighted by molar-refractivity contribution is 7.80. The Bertz CT molecular complexity index is 925. The van der Waals surface area contributed by atoms with Gasteiger partial charge in [0.15, 0.2) is 22.4 Å². The first-order chi connectivity index (χ1) is 12.6.